The van der Waals surface area contributed by atoms with Gasteiger partial charge in [-0.25, -0.2) is 4.39 Å². The number of aliphatic hydroxyl groups is 1. The van der Waals surface area contributed by atoms with Crippen molar-refractivity contribution in [2.75, 3.05) is 13.6 Å². The van der Waals surface area contributed by atoms with E-state index in [1.165, 1.54) is 6.07 Å². The molecule has 2 N–H and O–H groups in total. The molecule has 0 radical (unpaired) electrons. The highest BCUT2D eigenvalue weighted by molar-refractivity contribution is 5.90. The Morgan fingerprint density at radius 1 is 1.19 bits per heavy atom. The maximum Gasteiger partial charge on any atom is 0.226 e. The molecule has 1 aromatic heterocycles. The third-order valence-corrected chi connectivity index (χ3v) is 4.78. The number of benzene rings is 2. The second-order valence-electron chi connectivity index (χ2n) is 6.60. The second kappa shape index (κ2) is 7.70. The fourth-order valence-corrected chi connectivity index (χ4v) is 3.16. The molecule has 1 unspecified atom stereocenters. The number of nitrogens with one attached hydrogen (secondary N) is 1. The van der Waals surface area contributed by atoms with Crippen LogP contribution in [-0.4, -0.2) is 34.5 Å². The molecule has 26 heavy (non-hydrogen) atoms. The van der Waals surface area contributed by atoms with Crippen molar-refractivity contribution < 1.29 is 14.3 Å². The first kappa shape index (κ1) is 18.1. The first-order chi connectivity index (χ1) is 12.5. The van der Waals surface area contributed by atoms with Gasteiger partial charge in [-0.15, -0.1) is 0 Å². The normalized spacial score (nSPS) is 12.3. The highest BCUT2D eigenvalue weighted by Gasteiger charge is 2.18. The third kappa shape index (κ3) is 3.78. The summed E-state index contributed by atoms with van der Waals surface area (Å²) in [5.41, 5.74) is 2.90. The summed E-state index contributed by atoms with van der Waals surface area (Å²) in [5.74, 6) is -0.373. The summed E-state index contributed by atoms with van der Waals surface area (Å²) in [4.78, 5) is 17.2. The number of aromatic amines is 1. The monoisotopic (exact) mass is 354 g/mol. The number of rotatable bonds is 6. The van der Waals surface area contributed by atoms with Gasteiger partial charge in [-0.2, -0.15) is 0 Å². The van der Waals surface area contributed by atoms with Crippen LogP contribution in [0.25, 0.3) is 10.9 Å². The van der Waals surface area contributed by atoms with Gasteiger partial charge in [-0.3, -0.25) is 4.79 Å². The van der Waals surface area contributed by atoms with Crippen LogP contribution in [-0.2, 0) is 11.2 Å². The van der Waals surface area contributed by atoms with Crippen molar-refractivity contribution in [1.29, 1.82) is 0 Å². The van der Waals surface area contributed by atoms with Crippen molar-refractivity contribution in [3.05, 3.63) is 71.2 Å². The van der Waals surface area contributed by atoms with E-state index in [9.17, 15) is 14.3 Å². The minimum Gasteiger partial charge on any atom is -0.388 e. The standard InChI is InChI=1S/C21H23FN2O2/c1-14-17(16-9-6-10-18(22)21(16)23-14)13-20(26)24(2)12-11-19(25)15-7-4-3-5-8-15/h3-10,19,23,25H,11-13H2,1-2H3. The molecule has 5 heteroatoms. The Balaban J connectivity index is 1.65. The maximum atomic E-state index is 13.9. The largest absolute Gasteiger partial charge is 0.388 e. The molecule has 0 spiro atoms. The molecule has 0 aliphatic heterocycles. The summed E-state index contributed by atoms with van der Waals surface area (Å²) in [5, 5.41) is 11.0. The van der Waals surface area contributed by atoms with E-state index in [4.69, 9.17) is 0 Å². The van der Waals surface area contributed by atoms with Crippen molar-refractivity contribution in [2.45, 2.75) is 25.9 Å². The smallest absolute Gasteiger partial charge is 0.226 e. The average Bonchev–Trinajstić information content (AvgIpc) is 2.97. The third-order valence-electron chi connectivity index (χ3n) is 4.78. The van der Waals surface area contributed by atoms with Crippen molar-refractivity contribution in [3.8, 4) is 0 Å². The zero-order valence-corrected chi connectivity index (χ0v) is 15.0. The fourth-order valence-electron chi connectivity index (χ4n) is 3.16. The van der Waals surface area contributed by atoms with Crippen LogP contribution in [0.15, 0.2) is 48.5 Å². The molecule has 1 heterocycles. The number of para-hydroxylation sites is 1. The number of carbonyl (C=O) groups is 1. The second-order valence-corrected chi connectivity index (χ2v) is 6.60. The van der Waals surface area contributed by atoms with Crippen molar-refractivity contribution in [2.24, 2.45) is 0 Å². The minimum absolute atomic E-state index is 0.0569. The Labute approximate surface area is 152 Å². The van der Waals surface area contributed by atoms with Gasteiger partial charge in [0.25, 0.3) is 0 Å². The predicted molar refractivity (Wildman–Crippen MR) is 100 cm³/mol. The summed E-state index contributed by atoms with van der Waals surface area (Å²) >= 11 is 0. The van der Waals surface area contributed by atoms with E-state index in [-0.39, 0.29) is 18.1 Å². The molecule has 0 saturated heterocycles. The highest BCUT2D eigenvalue weighted by Crippen LogP contribution is 2.25. The molecule has 0 aliphatic rings. The minimum atomic E-state index is -0.602. The lowest BCUT2D eigenvalue weighted by Gasteiger charge is -2.19. The number of aryl methyl sites for hydroxylation is 1. The first-order valence-corrected chi connectivity index (χ1v) is 8.70. The van der Waals surface area contributed by atoms with Gasteiger partial charge in [-0.05, 0) is 30.5 Å². The molecule has 4 nitrogen and oxygen atoms in total. The lowest BCUT2D eigenvalue weighted by Crippen LogP contribution is -2.30. The number of nitrogens with zero attached hydrogens (tertiary/aromatic N) is 1. The van der Waals surface area contributed by atoms with Gasteiger partial charge in [0.1, 0.15) is 5.82 Å². The van der Waals surface area contributed by atoms with Crippen molar-refractivity contribution >= 4 is 16.8 Å². The van der Waals surface area contributed by atoms with Crippen LogP contribution in [0, 0.1) is 12.7 Å². The zero-order valence-electron chi connectivity index (χ0n) is 15.0. The average molecular weight is 354 g/mol. The van der Waals surface area contributed by atoms with E-state index < -0.39 is 6.10 Å². The molecule has 2 aromatic carbocycles. The van der Waals surface area contributed by atoms with E-state index in [0.717, 1.165) is 22.2 Å². The van der Waals surface area contributed by atoms with Gasteiger partial charge in [0.15, 0.2) is 0 Å². The Hall–Kier alpha value is -2.66. The molecule has 1 amide bonds. The van der Waals surface area contributed by atoms with E-state index in [1.807, 2.05) is 43.3 Å². The number of likely N-dealkylation sites (N-methyl/N-ethyl adjacent to an activating group) is 1. The van der Waals surface area contributed by atoms with Gasteiger partial charge in [0.05, 0.1) is 18.0 Å². The molecular weight excluding hydrogens is 331 g/mol. The van der Waals surface area contributed by atoms with E-state index >= 15 is 0 Å². The molecule has 0 bridgehead atoms. The number of aliphatic hydroxyl groups excluding tert-OH is 1. The SMILES string of the molecule is Cc1[nH]c2c(F)cccc2c1CC(=O)N(C)CCC(O)c1ccccc1. The summed E-state index contributed by atoms with van der Waals surface area (Å²) in [6.45, 7) is 2.30. The molecular formula is C21H23FN2O2. The number of aromatic nitrogens is 1. The number of hydrogen-bond acceptors (Lipinski definition) is 2. The Morgan fingerprint density at radius 2 is 1.92 bits per heavy atom. The van der Waals surface area contributed by atoms with Crippen molar-refractivity contribution in [3.63, 3.8) is 0 Å². The van der Waals surface area contributed by atoms with Crippen LogP contribution < -0.4 is 0 Å². The van der Waals surface area contributed by atoms with Crippen molar-refractivity contribution in [1.82, 2.24) is 9.88 Å². The van der Waals surface area contributed by atoms with E-state index in [1.54, 1.807) is 18.0 Å². The molecule has 3 rings (SSSR count). The Morgan fingerprint density at radius 3 is 2.65 bits per heavy atom. The first-order valence-electron chi connectivity index (χ1n) is 8.70. The molecule has 136 valence electrons. The Kier molecular flexibility index (Phi) is 5.38. The molecule has 3 aromatic rings. The number of halogens is 1. The van der Waals surface area contributed by atoms with E-state index in [0.29, 0.717) is 18.5 Å². The van der Waals surface area contributed by atoms with Crippen LogP contribution in [0.1, 0.15) is 29.3 Å². The molecule has 0 saturated carbocycles. The quantitative estimate of drug-likeness (QED) is 0.708. The number of hydrogen-bond donors (Lipinski definition) is 2. The summed E-state index contributed by atoms with van der Waals surface area (Å²) in [7, 11) is 1.73. The molecule has 0 fully saturated rings. The van der Waals surface area contributed by atoms with Crippen LogP contribution in [0.5, 0.6) is 0 Å². The summed E-state index contributed by atoms with van der Waals surface area (Å²) < 4.78 is 13.9. The lowest BCUT2D eigenvalue weighted by molar-refractivity contribution is -0.129. The van der Waals surface area contributed by atoms with Gasteiger partial charge in [0.2, 0.25) is 5.91 Å². The van der Waals surface area contributed by atoms with Crippen LogP contribution >= 0.6 is 0 Å². The number of carbonyl (C=O) groups excluding carboxylic acids is 1. The van der Waals surface area contributed by atoms with Crippen LogP contribution in [0.4, 0.5) is 4.39 Å². The maximum absolute atomic E-state index is 13.9. The fraction of sp³-hybridized carbons (Fsp3) is 0.286. The van der Waals surface area contributed by atoms with Gasteiger partial charge in [-0.1, -0.05) is 42.5 Å². The van der Waals surface area contributed by atoms with Crippen LogP contribution in [0.3, 0.4) is 0 Å². The van der Waals surface area contributed by atoms with Gasteiger partial charge in [0, 0.05) is 24.7 Å². The topological polar surface area (TPSA) is 56.3 Å². The van der Waals surface area contributed by atoms with E-state index in [2.05, 4.69) is 4.98 Å². The number of H-pyrrole nitrogens is 1. The zero-order chi connectivity index (χ0) is 18.7. The van der Waals surface area contributed by atoms with Crippen LogP contribution in [0.2, 0.25) is 0 Å². The lowest BCUT2D eigenvalue weighted by atomic mass is 10.1. The Bertz CT molecular complexity index is 905. The predicted octanol–water partition coefficient (Wildman–Crippen LogP) is 3.74. The summed E-state index contributed by atoms with van der Waals surface area (Å²) in [6.07, 6.45) is 0.0661. The number of amides is 1. The number of fused-ring (bicyclic) bond motifs is 1. The summed E-state index contributed by atoms with van der Waals surface area (Å²) in [6, 6.07) is 14.3. The molecule has 0 aliphatic carbocycles. The van der Waals surface area contributed by atoms with Gasteiger partial charge >= 0.3 is 0 Å². The van der Waals surface area contributed by atoms with Gasteiger partial charge < -0.3 is 15.0 Å². The molecule has 1 atom stereocenters. The highest BCUT2D eigenvalue weighted by atomic mass is 19.1.